The molecule has 3 N–H and O–H groups in total. The van der Waals surface area contributed by atoms with Crippen molar-refractivity contribution < 1.29 is 19.7 Å². The van der Waals surface area contributed by atoms with Crippen LogP contribution in [0.3, 0.4) is 0 Å². The zero-order valence-corrected chi connectivity index (χ0v) is 22.7. The van der Waals surface area contributed by atoms with Crippen LogP contribution in [0.2, 0.25) is 0 Å². The third-order valence-corrected chi connectivity index (χ3v) is 9.69. The molecule has 7 atom stereocenters. The van der Waals surface area contributed by atoms with Crippen LogP contribution in [-0.4, -0.2) is 39.8 Å². The highest BCUT2D eigenvalue weighted by Gasteiger charge is 2.50. The first kappa shape index (κ1) is 28.6. The molecule has 0 amide bonds. The summed E-state index contributed by atoms with van der Waals surface area (Å²) < 4.78 is 12.5. The Kier molecular flexibility index (Phi) is 9.85. The first-order valence-electron chi connectivity index (χ1n) is 14.2. The largest absolute Gasteiger partial charge is 0.392 e. The van der Waals surface area contributed by atoms with Crippen molar-refractivity contribution in [2.45, 2.75) is 123 Å². The fourth-order valence-corrected chi connectivity index (χ4v) is 7.65. The number of hydrogen-bond donors (Lipinski definition) is 3. The first-order chi connectivity index (χ1) is 16.5. The Balaban J connectivity index is 1.67. The molecular formula is C31H51FO3. The van der Waals surface area contributed by atoms with Gasteiger partial charge in [-0.1, -0.05) is 57.4 Å². The van der Waals surface area contributed by atoms with Crippen molar-refractivity contribution >= 4 is 0 Å². The van der Waals surface area contributed by atoms with Crippen molar-refractivity contribution in [3.05, 3.63) is 35.5 Å². The van der Waals surface area contributed by atoms with Gasteiger partial charge in [-0.05, 0) is 106 Å². The average molecular weight is 491 g/mol. The zero-order chi connectivity index (χ0) is 25.8. The number of alkyl halides is 1. The lowest BCUT2D eigenvalue weighted by Crippen LogP contribution is -2.38. The minimum Gasteiger partial charge on any atom is -0.392 e. The smallest absolute Gasteiger partial charge is 0.0894 e. The van der Waals surface area contributed by atoms with Crippen LogP contribution in [0.5, 0.6) is 0 Å². The van der Waals surface area contributed by atoms with Gasteiger partial charge < -0.3 is 15.3 Å². The van der Waals surface area contributed by atoms with Gasteiger partial charge in [-0.25, -0.2) is 0 Å². The lowest BCUT2D eigenvalue weighted by molar-refractivity contribution is 0.0127. The molecule has 0 heterocycles. The van der Waals surface area contributed by atoms with Gasteiger partial charge in [-0.3, -0.25) is 4.39 Å². The molecule has 0 unspecified atom stereocenters. The van der Waals surface area contributed by atoms with Crippen molar-refractivity contribution in [1.29, 1.82) is 0 Å². The van der Waals surface area contributed by atoms with Crippen molar-refractivity contribution in [2.75, 3.05) is 6.67 Å². The van der Waals surface area contributed by atoms with Crippen molar-refractivity contribution in [3.63, 3.8) is 0 Å². The van der Waals surface area contributed by atoms with E-state index in [9.17, 15) is 19.7 Å². The van der Waals surface area contributed by atoms with Gasteiger partial charge >= 0.3 is 0 Å². The summed E-state index contributed by atoms with van der Waals surface area (Å²) in [4.78, 5) is 0. The molecule has 0 bridgehead atoms. The molecule has 0 spiro atoms. The third-order valence-electron chi connectivity index (χ3n) is 9.69. The fraction of sp³-hybridized carbons (Fsp3) is 0.806. The number of halogens is 1. The Morgan fingerprint density at radius 2 is 1.91 bits per heavy atom. The number of hydrogen-bond acceptors (Lipinski definition) is 3. The molecule has 3 saturated carbocycles. The summed E-state index contributed by atoms with van der Waals surface area (Å²) in [6.45, 7) is 12.6. The van der Waals surface area contributed by atoms with Crippen molar-refractivity contribution in [3.8, 4) is 0 Å². The van der Waals surface area contributed by atoms with E-state index in [1.54, 1.807) is 0 Å². The molecule has 0 saturated heterocycles. The second kappa shape index (κ2) is 12.0. The number of fused-ring (bicyclic) bond motifs is 1. The third kappa shape index (κ3) is 6.87. The van der Waals surface area contributed by atoms with Crippen molar-refractivity contribution in [2.24, 2.45) is 29.1 Å². The SMILES string of the molecule is C=C1/C(=C\C=C2/CCC[C@]3(C)[C@@H]([C@H](C)CCCC(C)(C)O)CC[C@@H]23)C[C@@H](O)[C@@H](CCCCF)[C@H]1O. The van der Waals surface area contributed by atoms with Crippen LogP contribution in [0, 0.1) is 29.1 Å². The second-order valence-electron chi connectivity index (χ2n) is 12.8. The van der Waals surface area contributed by atoms with Gasteiger partial charge in [-0.2, -0.15) is 0 Å². The molecule has 0 aromatic heterocycles. The maximum atomic E-state index is 12.5. The highest BCUT2D eigenvalue weighted by atomic mass is 19.1. The topological polar surface area (TPSA) is 60.7 Å². The summed E-state index contributed by atoms with van der Waals surface area (Å²) in [7, 11) is 0. The highest BCUT2D eigenvalue weighted by Crippen LogP contribution is 2.60. The second-order valence-corrected chi connectivity index (χ2v) is 12.8. The van der Waals surface area contributed by atoms with Crippen LogP contribution in [0.4, 0.5) is 4.39 Å². The number of allylic oxidation sites excluding steroid dienone is 3. The highest BCUT2D eigenvalue weighted by molar-refractivity contribution is 5.39. The van der Waals surface area contributed by atoms with Crippen LogP contribution in [-0.2, 0) is 0 Å². The van der Waals surface area contributed by atoms with Gasteiger partial charge in [0, 0.05) is 5.92 Å². The van der Waals surface area contributed by atoms with Crippen LogP contribution in [0.25, 0.3) is 0 Å². The fourth-order valence-electron chi connectivity index (χ4n) is 7.65. The molecule has 3 aliphatic rings. The van der Waals surface area contributed by atoms with E-state index in [-0.39, 0.29) is 12.6 Å². The molecule has 0 aliphatic heterocycles. The Labute approximate surface area is 213 Å². The van der Waals surface area contributed by atoms with Crippen LogP contribution < -0.4 is 0 Å². The van der Waals surface area contributed by atoms with Gasteiger partial charge in [0.15, 0.2) is 0 Å². The lowest BCUT2D eigenvalue weighted by atomic mass is 9.60. The Bertz CT molecular complexity index is 779. The first-order valence-corrected chi connectivity index (χ1v) is 14.2. The van der Waals surface area contributed by atoms with Crippen LogP contribution in [0.1, 0.15) is 105 Å². The molecular weight excluding hydrogens is 439 g/mol. The monoisotopic (exact) mass is 490 g/mol. The predicted octanol–water partition coefficient (Wildman–Crippen LogP) is 7.07. The summed E-state index contributed by atoms with van der Waals surface area (Å²) in [5, 5.41) is 31.6. The summed E-state index contributed by atoms with van der Waals surface area (Å²) >= 11 is 0. The number of unbranched alkanes of at least 4 members (excludes halogenated alkanes) is 1. The van der Waals surface area contributed by atoms with Crippen molar-refractivity contribution in [1.82, 2.24) is 0 Å². The van der Waals surface area contributed by atoms with Crippen LogP contribution in [0.15, 0.2) is 35.5 Å². The molecule has 200 valence electrons. The summed E-state index contributed by atoms with van der Waals surface area (Å²) in [5.74, 6) is 1.76. The Morgan fingerprint density at radius 1 is 1.17 bits per heavy atom. The number of aliphatic hydroxyl groups excluding tert-OH is 2. The van der Waals surface area contributed by atoms with Gasteiger partial charge in [-0.15, -0.1) is 0 Å². The van der Waals surface area contributed by atoms with E-state index in [4.69, 9.17) is 0 Å². The minimum atomic E-state index is -0.750. The van der Waals surface area contributed by atoms with Gasteiger partial charge in [0.2, 0.25) is 0 Å². The van der Waals surface area contributed by atoms with E-state index in [0.717, 1.165) is 36.3 Å². The van der Waals surface area contributed by atoms with E-state index >= 15 is 0 Å². The predicted molar refractivity (Wildman–Crippen MR) is 143 cm³/mol. The molecule has 0 aromatic rings. The Morgan fingerprint density at radius 3 is 2.60 bits per heavy atom. The quantitative estimate of drug-likeness (QED) is 0.287. The molecule has 0 radical (unpaired) electrons. The number of aliphatic hydroxyl groups is 3. The van der Waals surface area contributed by atoms with Gasteiger partial charge in [0.1, 0.15) is 0 Å². The van der Waals surface area contributed by atoms with E-state index in [1.165, 1.54) is 37.7 Å². The Hall–Kier alpha value is -0.970. The molecule has 3 fully saturated rings. The van der Waals surface area contributed by atoms with E-state index in [0.29, 0.717) is 42.9 Å². The summed E-state index contributed by atoms with van der Waals surface area (Å²) in [6.07, 6.45) is 14.7. The van der Waals surface area contributed by atoms with Gasteiger partial charge in [0.05, 0.1) is 24.5 Å². The van der Waals surface area contributed by atoms with E-state index < -0.39 is 17.8 Å². The van der Waals surface area contributed by atoms with E-state index in [2.05, 4.69) is 32.6 Å². The van der Waals surface area contributed by atoms with Gasteiger partial charge in [0.25, 0.3) is 0 Å². The normalized spacial score (nSPS) is 37.1. The standard InChI is InChI=1S/C31H51FO3/c1-21(10-8-17-30(3,4)35)26-15-16-27-23(11-9-18-31(26,27)5)13-14-24-20-28(33)25(12-6-7-19-32)29(34)22(24)2/h13-14,21,25-29,33-35H,2,6-12,15-20H2,1,3-5H3/b23-13+,24-14-/t21-,25-,26-,27+,28-,29+,31-/m1/s1. The molecule has 3 aliphatic carbocycles. The summed E-state index contributed by atoms with van der Waals surface area (Å²) in [5.41, 5.74) is 2.97. The van der Waals surface area contributed by atoms with Crippen LogP contribution >= 0.6 is 0 Å². The lowest BCUT2D eigenvalue weighted by Gasteiger charge is -2.44. The minimum absolute atomic E-state index is 0.245. The zero-order valence-electron chi connectivity index (χ0n) is 22.7. The molecule has 4 heteroatoms. The number of rotatable bonds is 10. The maximum absolute atomic E-state index is 12.5. The maximum Gasteiger partial charge on any atom is 0.0894 e. The molecule has 3 rings (SSSR count). The average Bonchev–Trinajstić information content (AvgIpc) is 3.14. The molecule has 3 nitrogen and oxygen atoms in total. The molecule has 0 aromatic carbocycles. The summed E-state index contributed by atoms with van der Waals surface area (Å²) in [6, 6.07) is 0. The molecule has 35 heavy (non-hydrogen) atoms. The van der Waals surface area contributed by atoms with E-state index in [1.807, 2.05) is 13.8 Å².